The topological polar surface area (TPSA) is 61.2 Å². The van der Waals surface area contributed by atoms with Crippen molar-refractivity contribution in [1.29, 1.82) is 5.26 Å². The average molecular weight is 292 g/mol. The molecule has 0 aliphatic carbocycles. The smallest absolute Gasteiger partial charge is 0.207 e. The van der Waals surface area contributed by atoms with Gasteiger partial charge in [-0.2, -0.15) is 9.57 Å². The Bertz CT molecular complexity index is 700. The van der Waals surface area contributed by atoms with Crippen LogP contribution in [0.1, 0.15) is 10.4 Å². The zero-order valence-corrected chi connectivity index (χ0v) is 11.9. The quantitative estimate of drug-likeness (QED) is 0.869. The minimum atomic E-state index is -3.64. The fraction of sp³-hybridized carbons (Fsp3) is 0.154. The number of nitrogens with zero attached hydrogens (tertiary/aromatic N) is 2. The second-order valence-corrected chi connectivity index (χ2v) is 6.99. The fourth-order valence-corrected chi connectivity index (χ4v) is 3.78. The minimum absolute atomic E-state index is 0.0524. The summed E-state index contributed by atoms with van der Waals surface area (Å²) in [7, 11) is -2.12. The van der Waals surface area contributed by atoms with Crippen LogP contribution < -0.4 is 0 Å². The average Bonchev–Trinajstić information content (AvgIpc) is 2.91. The van der Waals surface area contributed by atoms with Crippen LogP contribution in [-0.2, 0) is 16.6 Å². The molecular weight excluding hydrogens is 280 g/mol. The van der Waals surface area contributed by atoms with Gasteiger partial charge in [0.1, 0.15) is 6.07 Å². The molecule has 0 saturated carbocycles. The molecule has 4 nitrogen and oxygen atoms in total. The third kappa shape index (κ3) is 2.84. The van der Waals surface area contributed by atoms with Crippen LogP contribution >= 0.6 is 11.3 Å². The van der Waals surface area contributed by atoms with E-state index in [1.807, 2.05) is 23.6 Å². The lowest BCUT2D eigenvalue weighted by atomic mass is 10.2. The highest BCUT2D eigenvalue weighted by atomic mass is 32.2. The zero-order valence-electron chi connectivity index (χ0n) is 10.3. The largest absolute Gasteiger partial charge is 0.244 e. The maximum atomic E-state index is 12.4. The molecule has 1 aromatic heterocycles. The van der Waals surface area contributed by atoms with E-state index in [0.717, 1.165) is 4.88 Å². The van der Waals surface area contributed by atoms with E-state index in [1.165, 1.54) is 34.8 Å². The van der Waals surface area contributed by atoms with Gasteiger partial charge in [0.2, 0.25) is 10.0 Å². The molecule has 1 aromatic carbocycles. The summed E-state index contributed by atoms with van der Waals surface area (Å²) in [5, 5.41) is 10.9. The predicted octanol–water partition coefficient (Wildman–Crippen LogP) is 2.44. The van der Waals surface area contributed by atoms with E-state index in [9.17, 15) is 8.42 Å². The Hall–Kier alpha value is -1.68. The standard InChI is InChI=1S/C13H12N2O2S2/c1-15(10-12-6-4-8-18-12)19(16,17)13-7-3-2-5-11(13)9-14/h2-8H,10H2,1H3. The summed E-state index contributed by atoms with van der Waals surface area (Å²) in [5.74, 6) is 0. The lowest BCUT2D eigenvalue weighted by Gasteiger charge is -2.17. The molecule has 0 N–H and O–H groups in total. The van der Waals surface area contributed by atoms with Gasteiger partial charge in [-0.25, -0.2) is 8.42 Å². The first-order valence-corrected chi connectivity index (χ1v) is 7.85. The Labute approximate surface area is 116 Å². The molecule has 0 amide bonds. The molecule has 0 aliphatic rings. The Morgan fingerprint density at radius 1 is 1.26 bits per heavy atom. The Morgan fingerprint density at radius 2 is 2.00 bits per heavy atom. The lowest BCUT2D eigenvalue weighted by molar-refractivity contribution is 0.469. The van der Waals surface area contributed by atoms with Crippen LogP contribution in [-0.4, -0.2) is 19.8 Å². The monoisotopic (exact) mass is 292 g/mol. The minimum Gasteiger partial charge on any atom is -0.207 e. The van der Waals surface area contributed by atoms with E-state index in [1.54, 1.807) is 12.1 Å². The maximum Gasteiger partial charge on any atom is 0.244 e. The summed E-state index contributed by atoms with van der Waals surface area (Å²) < 4.78 is 26.1. The highest BCUT2D eigenvalue weighted by Gasteiger charge is 2.23. The molecule has 6 heteroatoms. The van der Waals surface area contributed by atoms with E-state index in [2.05, 4.69) is 0 Å². The predicted molar refractivity (Wildman–Crippen MR) is 74.1 cm³/mol. The van der Waals surface area contributed by atoms with Crippen molar-refractivity contribution in [2.24, 2.45) is 0 Å². The first kappa shape index (κ1) is 13.7. The Balaban J connectivity index is 2.34. The molecule has 0 aliphatic heterocycles. The van der Waals surface area contributed by atoms with Crippen molar-refractivity contribution in [3.05, 3.63) is 52.2 Å². The van der Waals surface area contributed by atoms with Gasteiger partial charge in [-0.1, -0.05) is 18.2 Å². The molecule has 19 heavy (non-hydrogen) atoms. The van der Waals surface area contributed by atoms with Crippen molar-refractivity contribution < 1.29 is 8.42 Å². The molecule has 2 aromatic rings. The second kappa shape index (κ2) is 5.53. The number of thiophene rings is 1. The van der Waals surface area contributed by atoms with Gasteiger partial charge in [-0.05, 0) is 23.6 Å². The number of hydrogen-bond acceptors (Lipinski definition) is 4. The van der Waals surface area contributed by atoms with Crippen LogP contribution in [0.5, 0.6) is 0 Å². The van der Waals surface area contributed by atoms with Crippen molar-refractivity contribution in [1.82, 2.24) is 4.31 Å². The van der Waals surface area contributed by atoms with Crippen LogP contribution in [0.15, 0.2) is 46.7 Å². The third-order valence-corrected chi connectivity index (χ3v) is 5.38. The van der Waals surface area contributed by atoms with Gasteiger partial charge in [-0.15, -0.1) is 11.3 Å². The van der Waals surface area contributed by atoms with E-state index in [4.69, 9.17) is 5.26 Å². The summed E-state index contributed by atoms with van der Waals surface area (Å²) in [6, 6.07) is 11.9. The summed E-state index contributed by atoms with van der Waals surface area (Å²) in [4.78, 5) is 1.01. The van der Waals surface area contributed by atoms with E-state index in [0.29, 0.717) is 6.54 Å². The number of rotatable bonds is 4. The van der Waals surface area contributed by atoms with Gasteiger partial charge in [0.15, 0.2) is 0 Å². The molecule has 0 unspecified atom stereocenters. The Kier molecular flexibility index (Phi) is 4.00. The molecule has 0 bridgehead atoms. The van der Waals surface area contributed by atoms with Gasteiger partial charge in [0, 0.05) is 18.5 Å². The highest BCUT2D eigenvalue weighted by Crippen LogP contribution is 2.21. The number of nitriles is 1. The normalized spacial score (nSPS) is 11.4. The first-order chi connectivity index (χ1) is 9.05. The SMILES string of the molecule is CN(Cc1cccs1)S(=O)(=O)c1ccccc1C#N. The molecular formula is C13H12N2O2S2. The fourth-order valence-electron chi connectivity index (χ4n) is 1.66. The van der Waals surface area contributed by atoms with Crippen LogP contribution in [0, 0.1) is 11.3 Å². The molecule has 0 saturated heterocycles. The van der Waals surface area contributed by atoms with Crippen molar-refractivity contribution in [3.8, 4) is 6.07 Å². The second-order valence-electron chi connectivity index (χ2n) is 3.95. The van der Waals surface area contributed by atoms with Crippen molar-refractivity contribution >= 4 is 21.4 Å². The first-order valence-electron chi connectivity index (χ1n) is 5.53. The maximum absolute atomic E-state index is 12.4. The number of sulfonamides is 1. The molecule has 0 spiro atoms. The molecule has 0 atom stereocenters. The van der Waals surface area contributed by atoms with Crippen LogP contribution in [0.25, 0.3) is 0 Å². The van der Waals surface area contributed by atoms with E-state index >= 15 is 0 Å². The van der Waals surface area contributed by atoms with Gasteiger partial charge in [0.05, 0.1) is 10.5 Å². The third-order valence-electron chi connectivity index (χ3n) is 2.65. The highest BCUT2D eigenvalue weighted by molar-refractivity contribution is 7.89. The molecule has 0 fully saturated rings. The summed E-state index contributed by atoms with van der Waals surface area (Å²) in [6.45, 7) is 0.305. The van der Waals surface area contributed by atoms with Crippen LogP contribution in [0.2, 0.25) is 0 Å². The molecule has 1 heterocycles. The molecule has 0 radical (unpaired) electrons. The summed E-state index contributed by atoms with van der Waals surface area (Å²) in [6.07, 6.45) is 0. The summed E-state index contributed by atoms with van der Waals surface area (Å²) in [5.41, 5.74) is 0.167. The molecule has 2 rings (SSSR count). The molecule has 98 valence electrons. The van der Waals surface area contributed by atoms with Gasteiger partial charge < -0.3 is 0 Å². The zero-order chi connectivity index (χ0) is 13.9. The van der Waals surface area contributed by atoms with Crippen molar-refractivity contribution in [2.75, 3.05) is 7.05 Å². The van der Waals surface area contributed by atoms with Gasteiger partial charge >= 0.3 is 0 Å². The van der Waals surface area contributed by atoms with Crippen molar-refractivity contribution in [3.63, 3.8) is 0 Å². The number of benzene rings is 1. The van der Waals surface area contributed by atoms with Crippen LogP contribution in [0.4, 0.5) is 0 Å². The van der Waals surface area contributed by atoms with E-state index < -0.39 is 10.0 Å². The van der Waals surface area contributed by atoms with Gasteiger partial charge in [0.25, 0.3) is 0 Å². The van der Waals surface area contributed by atoms with Gasteiger partial charge in [-0.3, -0.25) is 0 Å². The Morgan fingerprint density at radius 3 is 2.63 bits per heavy atom. The van der Waals surface area contributed by atoms with Crippen LogP contribution in [0.3, 0.4) is 0 Å². The summed E-state index contributed by atoms with van der Waals surface area (Å²) >= 11 is 1.50. The van der Waals surface area contributed by atoms with E-state index in [-0.39, 0.29) is 10.5 Å². The number of hydrogen-bond donors (Lipinski definition) is 0. The van der Waals surface area contributed by atoms with Crippen molar-refractivity contribution in [2.45, 2.75) is 11.4 Å². The lowest BCUT2D eigenvalue weighted by Crippen LogP contribution is -2.26.